The molecule has 0 bridgehead atoms. The van der Waals surface area contributed by atoms with E-state index in [9.17, 15) is 9.90 Å². The molecular formula is C28H29N3O4. The van der Waals surface area contributed by atoms with E-state index in [0.717, 1.165) is 39.6 Å². The van der Waals surface area contributed by atoms with E-state index in [1.807, 2.05) is 84.3 Å². The van der Waals surface area contributed by atoms with E-state index in [-0.39, 0.29) is 18.4 Å². The Morgan fingerprint density at radius 1 is 1.06 bits per heavy atom. The van der Waals surface area contributed by atoms with Gasteiger partial charge in [-0.2, -0.15) is 0 Å². The predicted octanol–water partition coefficient (Wildman–Crippen LogP) is 4.31. The van der Waals surface area contributed by atoms with Crippen LogP contribution >= 0.6 is 0 Å². The monoisotopic (exact) mass is 471 g/mol. The van der Waals surface area contributed by atoms with Crippen molar-refractivity contribution < 1.29 is 19.4 Å². The molecule has 35 heavy (non-hydrogen) atoms. The Kier molecular flexibility index (Phi) is 6.42. The lowest BCUT2D eigenvalue weighted by atomic mass is 10.1. The standard InChI is InChI=1S/C28H29N3O4/c1-19-7-3-6-10-26(19)35-18-22(32)17-31-25-9-5-4-8-24(25)29-28(31)20-15-27(33)30(16-20)21-11-13-23(34-2)14-12-21/h3-14,20,22,32H,15-18H2,1-2H3/t20-,22+/m0/s1. The largest absolute Gasteiger partial charge is 0.497 e. The van der Waals surface area contributed by atoms with Crippen LogP contribution in [0.4, 0.5) is 5.69 Å². The zero-order chi connectivity index (χ0) is 24.4. The number of fused-ring (bicyclic) bond motifs is 1. The van der Waals surface area contributed by atoms with Gasteiger partial charge in [-0.1, -0.05) is 30.3 Å². The van der Waals surface area contributed by atoms with Gasteiger partial charge in [0.15, 0.2) is 0 Å². The van der Waals surface area contributed by atoms with Crippen LogP contribution in [-0.4, -0.2) is 46.9 Å². The maximum Gasteiger partial charge on any atom is 0.227 e. The summed E-state index contributed by atoms with van der Waals surface area (Å²) in [6, 6.07) is 23.1. The molecule has 1 fully saturated rings. The third-order valence-electron chi connectivity index (χ3n) is 6.48. The molecule has 2 heterocycles. The minimum absolute atomic E-state index is 0.0576. The Bertz CT molecular complexity index is 1330. The molecule has 1 aliphatic rings. The Balaban J connectivity index is 1.37. The number of aromatic nitrogens is 2. The van der Waals surface area contributed by atoms with Crippen molar-refractivity contribution in [2.75, 3.05) is 25.2 Å². The molecule has 0 radical (unpaired) electrons. The van der Waals surface area contributed by atoms with Crippen LogP contribution in [0.1, 0.15) is 23.7 Å². The topological polar surface area (TPSA) is 76.8 Å². The van der Waals surface area contributed by atoms with Crippen LogP contribution in [0.2, 0.25) is 0 Å². The number of aliphatic hydroxyl groups is 1. The number of amides is 1. The number of rotatable bonds is 8. The first-order valence-corrected chi connectivity index (χ1v) is 11.8. The Labute approximate surface area is 204 Å². The van der Waals surface area contributed by atoms with Gasteiger partial charge in [0.2, 0.25) is 5.91 Å². The van der Waals surface area contributed by atoms with Gasteiger partial charge in [-0.05, 0) is 55.0 Å². The fraction of sp³-hybridized carbons (Fsp3) is 0.286. The third-order valence-corrected chi connectivity index (χ3v) is 6.48. The van der Waals surface area contributed by atoms with Crippen LogP contribution in [-0.2, 0) is 11.3 Å². The number of nitrogens with zero attached hydrogens (tertiary/aromatic N) is 3. The Morgan fingerprint density at radius 2 is 1.80 bits per heavy atom. The summed E-state index contributed by atoms with van der Waals surface area (Å²) in [5.41, 5.74) is 3.65. The van der Waals surface area contributed by atoms with Crippen molar-refractivity contribution in [2.24, 2.45) is 0 Å². The van der Waals surface area contributed by atoms with Crippen molar-refractivity contribution in [1.82, 2.24) is 9.55 Å². The predicted molar refractivity (Wildman–Crippen MR) is 135 cm³/mol. The highest BCUT2D eigenvalue weighted by atomic mass is 16.5. The van der Waals surface area contributed by atoms with Gasteiger partial charge in [-0.15, -0.1) is 0 Å². The van der Waals surface area contributed by atoms with Gasteiger partial charge >= 0.3 is 0 Å². The number of carbonyl (C=O) groups excluding carboxylic acids is 1. The number of imidazole rings is 1. The average Bonchev–Trinajstić information content (AvgIpc) is 3.44. The SMILES string of the molecule is COc1ccc(N2C[C@@H](c3nc4ccccc4n3C[C@@H](O)COc3ccccc3C)CC2=O)cc1. The number of methoxy groups -OCH3 is 1. The van der Waals surface area contributed by atoms with E-state index in [1.165, 1.54) is 0 Å². The van der Waals surface area contributed by atoms with Crippen LogP contribution < -0.4 is 14.4 Å². The van der Waals surface area contributed by atoms with E-state index in [4.69, 9.17) is 14.5 Å². The highest BCUT2D eigenvalue weighted by Gasteiger charge is 2.35. The van der Waals surface area contributed by atoms with Crippen molar-refractivity contribution in [1.29, 1.82) is 0 Å². The van der Waals surface area contributed by atoms with Crippen LogP contribution in [0, 0.1) is 6.92 Å². The van der Waals surface area contributed by atoms with E-state index in [2.05, 4.69) is 0 Å². The zero-order valence-electron chi connectivity index (χ0n) is 19.9. The molecule has 0 unspecified atom stereocenters. The van der Waals surface area contributed by atoms with Crippen LogP contribution in [0.25, 0.3) is 11.0 Å². The summed E-state index contributed by atoms with van der Waals surface area (Å²) in [7, 11) is 1.62. The second-order valence-electron chi connectivity index (χ2n) is 8.90. The van der Waals surface area contributed by atoms with Gasteiger partial charge in [-0.25, -0.2) is 4.98 Å². The number of aliphatic hydroxyl groups excluding tert-OH is 1. The molecule has 5 rings (SSSR count). The number of hydrogen-bond acceptors (Lipinski definition) is 5. The summed E-state index contributed by atoms with van der Waals surface area (Å²) in [5.74, 6) is 2.30. The molecule has 1 N–H and O–H groups in total. The Hall–Kier alpha value is -3.84. The quantitative estimate of drug-likeness (QED) is 0.414. The van der Waals surface area contributed by atoms with E-state index >= 15 is 0 Å². The van der Waals surface area contributed by atoms with Crippen LogP contribution in [0.15, 0.2) is 72.8 Å². The van der Waals surface area contributed by atoms with Crippen molar-refractivity contribution in [2.45, 2.75) is 31.9 Å². The van der Waals surface area contributed by atoms with E-state index in [1.54, 1.807) is 12.0 Å². The molecule has 1 aliphatic heterocycles. The molecule has 1 saturated heterocycles. The molecule has 4 aromatic rings. The molecule has 7 nitrogen and oxygen atoms in total. The minimum Gasteiger partial charge on any atom is -0.497 e. The first-order valence-electron chi connectivity index (χ1n) is 11.8. The molecule has 0 spiro atoms. The van der Waals surface area contributed by atoms with E-state index in [0.29, 0.717) is 19.5 Å². The number of benzene rings is 3. The molecule has 1 amide bonds. The molecular weight excluding hydrogens is 442 g/mol. The molecule has 0 saturated carbocycles. The smallest absolute Gasteiger partial charge is 0.227 e. The lowest BCUT2D eigenvalue weighted by molar-refractivity contribution is -0.117. The number of carbonyl (C=O) groups is 1. The van der Waals surface area contributed by atoms with Crippen LogP contribution in [0.5, 0.6) is 11.5 Å². The molecule has 2 atom stereocenters. The molecule has 1 aromatic heterocycles. The third kappa shape index (κ3) is 4.72. The number of hydrogen-bond donors (Lipinski definition) is 1. The number of anilines is 1. The molecule has 180 valence electrons. The summed E-state index contributed by atoms with van der Waals surface area (Å²) in [4.78, 5) is 19.6. The van der Waals surface area contributed by atoms with Gasteiger partial charge in [-0.3, -0.25) is 4.79 Å². The van der Waals surface area contributed by atoms with E-state index < -0.39 is 6.10 Å². The highest BCUT2D eigenvalue weighted by molar-refractivity contribution is 5.96. The maximum absolute atomic E-state index is 12.9. The first kappa shape index (κ1) is 22.9. The van der Waals surface area contributed by atoms with Gasteiger partial charge in [0.05, 0.1) is 24.7 Å². The summed E-state index contributed by atoms with van der Waals surface area (Å²) in [6.07, 6.45) is -0.369. The first-order chi connectivity index (χ1) is 17.0. The van der Waals surface area contributed by atoms with Gasteiger partial charge in [0.1, 0.15) is 30.0 Å². The zero-order valence-corrected chi connectivity index (χ0v) is 19.9. The van der Waals surface area contributed by atoms with Gasteiger partial charge in [0.25, 0.3) is 0 Å². The maximum atomic E-state index is 12.9. The second-order valence-corrected chi connectivity index (χ2v) is 8.90. The lowest BCUT2D eigenvalue weighted by Gasteiger charge is -2.19. The summed E-state index contributed by atoms with van der Waals surface area (Å²) >= 11 is 0. The molecule has 7 heteroatoms. The summed E-state index contributed by atoms with van der Waals surface area (Å²) in [6.45, 7) is 3.01. The fourth-order valence-electron chi connectivity index (χ4n) is 4.66. The average molecular weight is 472 g/mol. The minimum atomic E-state index is -0.735. The summed E-state index contributed by atoms with van der Waals surface area (Å²) in [5, 5.41) is 10.9. The summed E-state index contributed by atoms with van der Waals surface area (Å²) < 4.78 is 13.2. The normalized spacial score (nSPS) is 16.6. The second kappa shape index (κ2) is 9.80. The Morgan fingerprint density at radius 3 is 2.57 bits per heavy atom. The van der Waals surface area contributed by atoms with Gasteiger partial charge < -0.3 is 24.0 Å². The molecule has 0 aliphatic carbocycles. The lowest BCUT2D eigenvalue weighted by Crippen LogP contribution is -2.26. The number of aryl methyl sites for hydroxylation is 1. The van der Waals surface area contributed by atoms with Gasteiger partial charge in [0, 0.05) is 24.6 Å². The van der Waals surface area contributed by atoms with Crippen molar-refractivity contribution in [3.05, 3.63) is 84.2 Å². The molecule has 3 aromatic carbocycles. The van der Waals surface area contributed by atoms with Crippen molar-refractivity contribution >= 4 is 22.6 Å². The fourth-order valence-corrected chi connectivity index (χ4v) is 4.66. The van der Waals surface area contributed by atoms with Crippen molar-refractivity contribution in [3.8, 4) is 11.5 Å². The number of ether oxygens (including phenoxy) is 2. The number of para-hydroxylation sites is 3. The van der Waals surface area contributed by atoms with Crippen molar-refractivity contribution in [3.63, 3.8) is 0 Å². The highest BCUT2D eigenvalue weighted by Crippen LogP contribution is 2.34. The van der Waals surface area contributed by atoms with Crippen LogP contribution in [0.3, 0.4) is 0 Å².